The van der Waals surface area contributed by atoms with Crippen LogP contribution in [0, 0.1) is 23.3 Å². The first-order valence-corrected chi connectivity index (χ1v) is 5.46. The first kappa shape index (κ1) is 13.2. The number of rotatable bonds is 3. The molecule has 1 aromatic carbocycles. The lowest BCUT2D eigenvalue weighted by Gasteiger charge is -2.15. The van der Waals surface area contributed by atoms with Gasteiger partial charge in [0.1, 0.15) is 5.30 Å². The molecule has 0 spiro atoms. The fraction of sp³-hybridized carbons (Fsp3) is 0.250. The summed E-state index contributed by atoms with van der Waals surface area (Å²) in [6.45, 7) is 0. The van der Waals surface area contributed by atoms with Crippen molar-refractivity contribution in [3.63, 3.8) is 0 Å². The highest BCUT2D eigenvalue weighted by Crippen LogP contribution is 2.47. The second-order valence-corrected chi connectivity index (χ2v) is 4.85. The van der Waals surface area contributed by atoms with Crippen LogP contribution in [0.3, 0.4) is 0 Å². The summed E-state index contributed by atoms with van der Waals surface area (Å²) in [6, 6.07) is 0.00380. The van der Waals surface area contributed by atoms with E-state index in [-0.39, 0.29) is 6.07 Å². The fourth-order valence-corrected chi connectivity index (χ4v) is 2.27. The van der Waals surface area contributed by atoms with Gasteiger partial charge in [-0.15, -0.1) is 0 Å². The predicted molar refractivity (Wildman–Crippen MR) is 47.5 cm³/mol. The highest BCUT2D eigenvalue weighted by molar-refractivity contribution is 7.62. The van der Waals surface area contributed by atoms with Crippen LogP contribution >= 0.6 is 7.60 Å². The second-order valence-electron chi connectivity index (χ2n) is 2.68. The third-order valence-corrected chi connectivity index (χ3v) is 3.74. The Morgan fingerprint density at radius 3 is 1.69 bits per heavy atom. The zero-order valence-electron chi connectivity index (χ0n) is 8.26. The molecule has 0 fully saturated rings. The molecular formula is C8H7F4O3P. The van der Waals surface area contributed by atoms with Crippen LogP contribution in [0.5, 0.6) is 0 Å². The molecule has 0 aliphatic carbocycles. The highest BCUT2D eigenvalue weighted by atomic mass is 31.2. The van der Waals surface area contributed by atoms with Gasteiger partial charge in [0, 0.05) is 20.3 Å². The van der Waals surface area contributed by atoms with E-state index in [1.807, 2.05) is 0 Å². The van der Waals surface area contributed by atoms with Crippen LogP contribution in [-0.4, -0.2) is 14.2 Å². The maximum atomic E-state index is 13.2. The maximum absolute atomic E-state index is 13.2. The van der Waals surface area contributed by atoms with Gasteiger partial charge >= 0.3 is 7.60 Å². The molecule has 0 saturated carbocycles. The summed E-state index contributed by atoms with van der Waals surface area (Å²) < 4.78 is 72.2. The lowest BCUT2D eigenvalue weighted by Crippen LogP contribution is -2.20. The van der Waals surface area contributed by atoms with Gasteiger partial charge in [0.2, 0.25) is 0 Å². The molecule has 0 aliphatic heterocycles. The predicted octanol–water partition coefficient (Wildman–Crippen LogP) is 2.35. The van der Waals surface area contributed by atoms with Crippen LogP contribution in [0.1, 0.15) is 0 Å². The van der Waals surface area contributed by atoms with E-state index in [4.69, 9.17) is 0 Å². The molecule has 0 radical (unpaired) electrons. The van der Waals surface area contributed by atoms with Crippen LogP contribution in [-0.2, 0) is 13.6 Å². The molecule has 0 unspecified atom stereocenters. The number of halogens is 4. The van der Waals surface area contributed by atoms with E-state index in [0.29, 0.717) is 0 Å². The molecule has 0 amide bonds. The van der Waals surface area contributed by atoms with Gasteiger partial charge in [0.05, 0.1) is 0 Å². The monoisotopic (exact) mass is 258 g/mol. The number of benzene rings is 1. The van der Waals surface area contributed by atoms with Crippen molar-refractivity contribution in [3.05, 3.63) is 29.3 Å². The first-order chi connectivity index (χ1) is 7.37. The maximum Gasteiger partial charge on any atom is 0.366 e. The Morgan fingerprint density at radius 1 is 1.00 bits per heavy atom. The smallest absolute Gasteiger partial charge is 0.308 e. The van der Waals surface area contributed by atoms with Gasteiger partial charge in [0.25, 0.3) is 0 Å². The molecule has 0 atom stereocenters. The van der Waals surface area contributed by atoms with Crippen molar-refractivity contribution < 1.29 is 31.2 Å². The van der Waals surface area contributed by atoms with Gasteiger partial charge in [-0.05, 0) is 0 Å². The van der Waals surface area contributed by atoms with Crippen molar-refractivity contribution in [3.8, 4) is 0 Å². The van der Waals surface area contributed by atoms with E-state index in [1.165, 1.54) is 0 Å². The van der Waals surface area contributed by atoms with Crippen molar-refractivity contribution in [2.24, 2.45) is 0 Å². The normalized spacial score (nSPS) is 11.9. The number of hydrogen-bond acceptors (Lipinski definition) is 3. The molecule has 1 aromatic rings. The molecule has 1 rings (SSSR count). The number of hydrogen-bond donors (Lipinski definition) is 0. The molecule has 90 valence electrons. The second kappa shape index (κ2) is 4.53. The minimum absolute atomic E-state index is 0.00380. The zero-order valence-corrected chi connectivity index (χ0v) is 9.16. The average Bonchev–Trinajstić information content (AvgIpc) is 2.26. The lowest BCUT2D eigenvalue weighted by atomic mass is 10.3. The zero-order chi connectivity index (χ0) is 12.5. The summed E-state index contributed by atoms with van der Waals surface area (Å²) >= 11 is 0. The van der Waals surface area contributed by atoms with Crippen LogP contribution < -0.4 is 5.30 Å². The van der Waals surface area contributed by atoms with E-state index in [0.717, 1.165) is 14.2 Å². The molecule has 0 heterocycles. The van der Waals surface area contributed by atoms with E-state index >= 15 is 0 Å². The topological polar surface area (TPSA) is 35.5 Å². The molecule has 0 aromatic heterocycles. The van der Waals surface area contributed by atoms with Crippen molar-refractivity contribution in [2.75, 3.05) is 14.2 Å². The molecule has 3 nitrogen and oxygen atoms in total. The van der Waals surface area contributed by atoms with Crippen LogP contribution in [0.2, 0.25) is 0 Å². The summed E-state index contributed by atoms with van der Waals surface area (Å²) in [5, 5.41) is -1.38. The van der Waals surface area contributed by atoms with Crippen molar-refractivity contribution in [1.82, 2.24) is 0 Å². The first-order valence-electron chi connectivity index (χ1n) is 3.92. The van der Waals surface area contributed by atoms with Crippen molar-refractivity contribution >= 4 is 12.9 Å². The highest BCUT2D eigenvalue weighted by Gasteiger charge is 2.36. The standard InChI is InChI=1S/C8H7F4O3P/c1-14-16(13,15-2)8-6(11)4(9)3-5(10)7(8)12/h3H,1-2H3. The summed E-state index contributed by atoms with van der Waals surface area (Å²) in [5.74, 6) is -6.96. The lowest BCUT2D eigenvalue weighted by molar-refractivity contribution is 0.284. The fourth-order valence-electron chi connectivity index (χ4n) is 1.06. The van der Waals surface area contributed by atoms with Crippen LogP contribution in [0.4, 0.5) is 17.6 Å². The van der Waals surface area contributed by atoms with E-state index < -0.39 is 36.2 Å². The van der Waals surface area contributed by atoms with Crippen LogP contribution in [0.15, 0.2) is 6.07 Å². The summed E-state index contributed by atoms with van der Waals surface area (Å²) in [5.41, 5.74) is 0. The minimum Gasteiger partial charge on any atom is -0.308 e. The van der Waals surface area contributed by atoms with Gasteiger partial charge in [-0.2, -0.15) is 0 Å². The van der Waals surface area contributed by atoms with E-state index in [2.05, 4.69) is 9.05 Å². The average molecular weight is 258 g/mol. The van der Waals surface area contributed by atoms with Gasteiger partial charge in [-0.3, -0.25) is 4.57 Å². The third-order valence-electron chi connectivity index (χ3n) is 1.84. The third kappa shape index (κ3) is 1.98. The summed E-state index contributed by atoms with van der Waals surface area (Å²) in [4.78, 5) is 0. The Labute approximate surface area is 88.5 Å². The Hall–Kier alpha value is -0.910. The van der Waals surface area contributed by atoms with Gasteiger partial charge in [0.15, 0.2) is 23.3 Å². The minimum atomic E-state index is -4.39. The molecule has 0 N–H and O–H groups in total. The van der Waals surface area contributed by atoms with Gasteiger partial charge < -0.3 is 9.05 Å². The van der Waals surface area contributed by atoms with Crippen molar-refractivity contribution in [1.29, 1.82) is 0 Å². The van der Waals surface area contributed by atoms with Gasteiger partial charge in [-0.25, -0.2) is 17.6 Å². The van der Waals surface area contributed by atoms with Crippen LogP contribution in [0.25, 0.3) is 0 Å². The molecule has 8 heteroatoms. The Balaban J connectivity index is 3.61. The Bertz CT molecular complexity index is 429. The summed E-state index contributed by atoms with van der Waals surface area (Å²) in [6.07, 6.45) is 0. The molecule has 0 aliphatic rings. The van der Waals surface area contributed by atoms with Crippen molar-refractivity contribution in [2.45, 2.75) is 0 Å². The summed E-state index contributed by atoms with van der Waals surface area (Å²) in [7, 11) is -2.71. The largest absolute Gasteiger partial charge is 0.366 e. The molecule has 16 heavy (non-hydrogen) atoms. The molecule has 0 bridgehead atoms. The quantitative estimate of drug-likeness (QED) is 0.474. The van der Waals surface area contributed by atoms with Gasteiger partial charge in [-0.1, -0.05) is 0 Å². The molecule has 0 saturated heterocycles. The Morgan fingerprint density at radius 2 is 1.38 bits per heavy atom. The molecular weight excluding hydrogens is 251 g/mol. The van der Waals surface area contributed by atoms with E-state index in [1.54, 1.807) is 0 Å². The van der Waals surface area contributed by atoms with E-state index in [9.17, 15) is 22.1 Å². The SMILES string of the molecule is COP(=O)(OC)c1c(F)c(F)cc(F)c1F. The Kier molecular flexibility index (Phi) is 3.72.